The smallest absolute Gasteiger partial charge is 0.251 e. The molecular formula is C22H25N5O. The molecule has 28 heavy (non-hydrogen) atoms. The van der Waals surface area contributed by atoms with Crippen LogP contribution < -0.4 is 16.4 Å². The van der Waals surface area contributed by atoms with Crippen LogP contribution in [0.2, 0.25) is 0 Å². The summed E-state index contributed by atoms with van der Waals surface area (Å²) in [6, 6.07) is 17.5. The Morgan fingerprint density at radius 3 is 2.25 bits per heavy atom. The number of nitrogens with two attached hydrogens (primary N) is 1. The largest absolute Gasteiger partial charge is 0.370 e. The molecule has 0 fully saturated rings. The van der Waals surface area contributed by atoms with Gasteiger partial charge in [0.05, 0.1) is 12.2 Å². The van der Waals surface area contributed by atoms with Crippen molar-refractivity contribution in [1.29, 1.82) is 0 Å². The zero-order chi connectivity index (χ0) is 19.9. The van der Waals surface area contributed by atoms with Crippen molar-refractivity contribution in [2.75, 3.05) is 11.9 Å². The molecule has 0 aliphatic rings. The molecule has 0 aliphatic carbocycles. The molecule has 0 saturated heterocycles. The average molecular weight is 375 g/mol. The maximum absolute atomic E-state index is 12.5. The number of rotatable bonds is 7. The molecule has 0 atom stereocenters. The SMILES string of the molecule is CCNc1cc(CNC(=O)c2ccc(-c3ccc(CN)cc3)cc2)nc(C)n1. The molecule has 0 radical (unpaired) electrons. The summed E-state index contributed by atoms with van der Waals surface area (Å²) >= 11 is 0. The van der Waals surface area contributed by atoms with Gasteiger partial charge in [0.2, 0.25) is 0 Å². The van der Waals surface area contributed by atoms with E-state index in [1.54, 1.807) is 0 Å². The van der Waals surface area contributed by atoms with E-state index >= 15 is 0 Å². The molecule has 6 nitrogen and oxygen atoms in total. The summed E-state index contributed by atoms with van der Waals surface area (Å²) in [5.74, 6) is 1.31. The van der Waals surface area contributed by atoms with E-state index in [1.165, 1.54) is 0 Å². The number of hydrogen-bond donors (Lipinski definition) is 3. The summed E-state index contributed by atoms with van der Waals surface area (Å²) in [4.78, 5) is 21.2. The minimum absolute atomic E-state index is 0.133. The van der Waals surface area contributed by atoms with Gasteiger partial charge in [-0.15, -0.1) is 0 Å². The molecule has 0 saturated carbocycles. The number of aromatic nitrogens is 2. The van der Waals surface area contributed by atoms with Crippen LogP contribution in [0.25, 0.3) is 11.1 Å². The van der Waals surface area contributed by atoms with Crippen molar-refractivity contribution in [3.8, 4) is 11.1 Å². The molecule has 0 unspecified atom stereocenters. The Hall–Kier alpha value is -3.25. The van der Waals surface area contributed by atoms with Gasteiger partial charge in [0.15, 0.2) is 0 Å². The highest BCUT2D eigenvalue weighted by molar-refractivity contribution is 5.94. The predicted octanol–water partition coefficient (Wildman–Crippen LogP) is 3.27. The third-order valence-corrected chi connectivity index (χ3v) is 4.35. The van der Waals surface area contributed by atoms with Gasteiger partial charge in [-0.05, 0) is 42.7 Å². The van der Waals surface area contributed by atoms with E-state index in [0.717, 1.165) is 34.7 Å². The summed E-state index contributed by atoms with van der Waals surface area (Å²) < 4.78 is 0. The lowest BCUT2D eigenvalue weighted by Gasteiger charge is -2.09. The molecule has 0 aliphatic heterocycles. The van der Waals surface area contributed by atoms with Gasteiger partial charge in [-0.25, -0.2) is 9.97 Å². The number of nitrogens with one attached hydrogen (secondary N) is 2. The van der Waals surface area contributed by atoms with E-state index in [2.05, 4.69) is 20.6 Å². The molecule has 3 aromatic rings. The minimum atomic E-state index is -0.133. The summed E-state index contributed by atoms with van der Waals surface area (Å²) in [5, 5.41) is 6.08. The predicted molar refractivity (Wildman–Crippen MR) is 112 cm³/mol. The summed E-state index contributed by atoms with van der Waals surface area (Å²) in [7, 11) is 0. The number of benzene rings is 2. The van der Waals surface area contributed by atoms with Gasteiger partial charge < -0.3 is 16.4 Å². The first-order valence-electron chi connectivity index (χ1n) is 9.35. The van der Waals surface area contributed by atoms with Crippen molar-refractivity contribution in [3.05, 3.63) is 77.2 Å². The summed E-state index contributed by atoms with van der Waals surface area (Å²) in [6.45, 7) is 5.51. The fourth-order valence-corrected chi connectivity index (χ4v) is 2.91. The molecule has 1 heterocycles. The molecule has 6 heteroatoms. The molecule has 2 aromatic carbocycles. The molecule has 144 valence electrons. The Labute approximate surface area is 165 Å². The highest BCUT2D eigenvalue weighted by Gasteiger charge is 2.08. The first kappa shape index (κ1) is 19.5. The monoisotopic (exact) mass is 375 g/mol. The van der Waals surface area contributed by atoms with E-state index in [1.807, 2.05) is 68.4 Å². The van der Waals surface area contributed by atoms with E-state index in [4.69, 9.17) is 5.73 Å². The van der Waals surface area contributed by atoms with E-state index < -0.39 is 0 Å². The first-order valence-corrected chi connectivity index (χ1v) is 9.35. The lowest BCUT2D eigenvalue weighted by molar-refractivity contribution is 0.0950. The average Bonchev–Trinajstić information content (AvgIpc) is 2.72. The first-order chi connectivity index (χ1) is 13.6. The third-order valence-electron chi connectivity index (χ3n) is 4.35. The number of carbonyl (C=O) groups excluding carboxylic acids is 1. The second-order valence-corrected chi connectivity index (χ2v) is 6.48. The number of hydrogen-bond acceptors (Lipinski definition) is 5. The van der Waals surface area contributed by atoms with Crippen LogP contribution in [0.1, 0.15) is 34.4 Å². The van der Waals surface area contributed by atoms with Crippen LogP contribution in [0.15, 0.2) is 54.6 Å². The van der Waals surface area contributed by atoms with Gasteiger partial charge in [0.1, 0.15) is 11.6 Å². The number of carbonyl (C=O) groups is 1. The number of amides is 1. The van der Waals surface area contributed by atoms with E-state index in [9.17, 15) is 4.79 Å². The number of nitrogens with zero attached hydrogens (tertiary/aromatic N) is 2. The maximum atomic E-state index is 12.5. The normalized spacial score (nSPS) is 10.5. The summed E-state index contributed by atoms with van der Waals surface area (Å²) in [5.41, 5.74) is 10.3. The second-order valence-electron chi connectivity index (χ2n) is 6.48. The van der Waals surface area contributed by atoms with E-state index in [0.29, 0.717) is 24.5 Å². The minimum Gasteiger partial charge on any atom is -0.370 e. The van der Waals surface area contributed by atoms with Gasteiger partial charge in [-0.2, -0.15) is 0 Å². The van der Waals surface area contributed by atoms with Crippen LogP contribution in [-0.4, -0.2) is 22.4 Å². The zero-order valence-electron chi connectivity index (χ0n) is 16.2. The lowest BCUT2D eigenvalue weighted by Crippen LogP contribution is -2.23. The fraction of sp³-hybridized carbons (Fsp3) is 0.227. The number of anilines is 1. The maximum Gasteiger partial charge on any atom is 0.251 e. The fourth-order valence-electron chi connectivity index (χ4n) is 2.91. The van der Waals surface area contributed by atoms with Crippen molar-refractivity contribution < 1.29 is 4.79 Å². The standard InChI is InChI=1S/C22H25N5O/c1-3-24-21-12-20(26-15(2)27-21)14-25-22(28)19-10-8-18(9-11-19)17-6-4-16(13-23)5-7-17/h4-12H,3,13-14,23H2,1-2H3,(H,25,28)(H,24,26,27). The summed E-state index contributed by atoms with van der Waals surface area (Å²) in [6.07, 6.45) is 0. The Bertz CT molecular complexity index is 936. The highest BCUT2D eigenvalue weighted by Crippen LogP contribution is 2.20. The van der Waals surface area contributed by atoms with Gasteiger partial charge in [0.25, 0.3) is 5.91 Å². The lowest BCUT2D eigenvalue weighted by atomic mass is 10.0. The Morgan fingerprint density at radius 1 is 1.00 bits per heavy atom. The van der Waals surface area contributed by atoms with Crippen molar-refractivity contribution >= 4 is 11.7 Å². The quantitative estimate of drug-likeness (QED) is 0.589. The van der Waals surface area contributed by atoms with Crippen LogP contribution >= 0.6 is 0 Å². The van der Waals surface area contributed by atoms with Crippen LogP contribution in [0, 0.1) is 6.92 Å². The van der Waals surface area contributed by atoms with Crippen LogP contribution in [-0.2, 0) is 13.1 Å². The van der Waals surface area contributed by atoms with Crippen LogP contribution in [0.3, 0.4) is 0 Å². The van der Waals surface area contributed by atoms with Gasteiger partial charge in [-0.3, -0.25) is 4.79 Å². The second kappa shape index (κ2) is 9.10. The van der Waals surface area contributed by atoms with Gasteiger partial charge in [0, 0.05) is 24.7 Å². The van der Waals surface area contributed by atoms with Crippen LogP contribution in [0.4, 0.5) is 5.82 Å². The Kier molecular flexibility index (Phi) is 6.34. The molecule has 1 aromatic heterocycles. The van der Waals surface area contributed by atoms with Crippen LogP contribution in [0.5, 0.6) is 0 Å². The molecule has 1 amide bonds. The molecule has 3 rings (SSSR count). The molecule has 0 spiro atoms. The molecule has 0 bridgehead atoms. The topological polar surface area (TPSA) is 92.9 Å². The van der Waals surface area contributed by atoms with Crippen molar-refractivity contribution in [1.82, 2.24) is 15.3 Å². The van der Waals surface area contributed by atoms with Gasteiger partial charge in [-0.1, -0.05) is 36.4 Å². The van der Waals surface area contributed by atoms with Gasteiger partial charge >= 0.3 is 0 Å². The molecule has 4 N–H and O–H groups in total. The van der Waals surface area contributed by atoms with Crippen molar-refractivity contribution in [2.24, 2.45) is 5.73 Å². The highest BCUT2D eigenvalue weighted by atomic mass is 16.1. The molecular weight excluding hydrogens is 350 g/mol. The van der Waals surface area contributed by atoms with Crippen molar-refractivity contribution in [2.45, 2.75) is 26.9 Å². The third kappa shape index (κ3) is 4.92. The van der Waals surface area contributed by atoms with E-state index in [-0.39, 0.29) is 5.91 Å². The zero-order valence-corrected chi connectivity index (χ0v) is 16.2. The number of aryl methyl sites for hydroxylation is 1. The Morgan fingerprint density at radius 2 is 1.64 bits per heavy atom. The van der Waals surface area contributed by atoms with Crippen molar-refractivity contribution in [3.63, 3.8) is 0 Å². The Balaban J connectivity index is 1.64.